The number of carbonyl (C=O) groups excluding carboxylic acids is 2. The average molecular weight is 167 g/mol. The van der Waals surface area contributed by atoms with Gasteiger partial charge in [0.05, 0.1) is 0 Å². The summed E-state index contributed by atoms with van der Waals surface area (Å²) in [5.41, 5.74) is 0.929. The summed E-state index contributed by atoms with van der Waals surface area (Å²) in [6.07, 6.45) is 1.56. The summed E-state index contributed by atoms with van der Waals surface area (Å²) in [6, 6.07) is 0. The number of nitrogens with zero attached hydrogens (tertiary/aromatic N) is 1. The molecule has 3 nitrogen and oxygen atoms in total. The molecular formula is C9H13NO2. The van der Waals surface area contributed by atoms with Crippen LogP contribution in [0.1, 0.15) is 26.2 Å². The van der Waals surface area contributed by atoms with E-state index in [1.54, 1.807) is 0 Å². The van der Waals surface area contributed by atoms with Crippen LogP contribution in [0.3, 0.4) is 0 Å². The molecule has 1 fully saturated rings. The van der Waals surface area contributed by atoms with Gasteiger partial charge in [-0.3, -0.25) is 14.5 Å². The van der Waals surface area contributed by atoms with E-state index in [2.05, 4.69) is 6.58 Å². The first-order valence-corrected chi connectivity index (χ1v) is 4.15. The van der Waals surface area contributed by atoms with Crippen LogP contribution in [0.2, 0.25) is 0 Å². The van der Waals surface area contributed by atoms with E-state index in [-0.39, 0.29) is 11.8 Å². The number of hydrogen-bond acceptors (Lipinski definition) is 2. The van der Waals surface area contributed by atoms with E-state index in [0.717, 1.165) is 12.0 Å². The van der Waals surface area contributed by atoms with E-state index in [1.165, 1.54) is 4.90 Å². The molecule has 3 heteroatoms. The Morgan fingerprint density at radius 2 is 1.92 bits per heavy atom. The average Bonchev–Trinajstić information content (AvgIpc) is 2.35. The molecule has 0 aliphatic carbocycles. The molecule has 12 heavy (non-hydrogen) atoms. The fraction of sp³-hybridized carbons (Fsp3) is 0.556. The van der Waals surface area contributed by atoms with Crippen LogP contribution in [-0.2, 0) is 9.59 Å². The van der Waals surface area contributed by atoms with Crippen molar-refractivity contribution >= 4 is 11.8 Å². The summed E-state index contributed by atoms with van der Waals surface area (Å²) < 4.78 is 0. The third-order valence-electron chi connectivity index (χ3n) is 2.04. The highest BCUT2D eigenvalue weighted by atomic mass is 16.2. The summed E-state index contributed by atoms with van der Waals surface area (Å²) in [4.78, 5) is 23.5. The van der Waals surface area contributed by atoms with Crippen molar-refractivity contribution in [1.29, 1.82) is 0 Å². The second-order valence-corrected chi connectivity index (χ2v) is 2.98. The molecule has 0 atom stereocenters. The van der Waals surface area contributed by atoms with Crippen LogP contribution in [0, 0.1) is 0 Å². The van der Waals surface area contributed by atoms with Gasteiger partial charge < -0.3 is 0 Å². The highest BCUT2D eigenvalue weighted by molar-refractivity contribution is 6.02. The molecular weight excluding hydrogens is 154 g/mol. The van der Waals surface area contributed by atoms with Gasteiger partial charge in [0.1, 0.15) is 0 Å². The van der Waals surface area contributed by atoms with Crippen LogP contribution >= 0.6 is 0 Å². The van der Waals surface area contributed by atoms with E-state index in [0.29, 0.717) is 19.4 Å². The number of imide groups is 1. The minimum atomic E-state index is -0.0606. The first-order valence-electron chi connectivity index (χ1n) is 4.15. The maximum atomic E-state index is 11.1. The van der Waals surface area contributed by atoms with E-state index >= 15 is 0 Å². The minimum absolute atomic E-state index is 0.0606. The molecule has 0 aromatic rings. The third kappa shape index (κ3) is 1.72. The van der Waals surface area contributed by atoms with E-state index in [4.69, 9.17) is 0 Å². The van der Waals surface area contributed by atoms with Gasteiger partial charge in [-0.1, -0.05) is 19.1 Å². The Morgan fingerprint density at radius 1 is 1.42 bits per heavy atom. The fourth-order valence-corrected chi connectivity index (χ4v) is 1.13. The topological polar surface area (TPSA) is 37.4 Å². The van der Waals surface area contributed by atoms with Crippen LogP contribution in [0.5, 0.6) is 0 Å². The van der Waals surface area contributed by atoms with Gasteiger partial charge in [-0.05, 0) is 6.42 Å². The third-order valence-corrected chi connectivity index (χ3v) is 2.04. The number of amides is 2. The van der Waals surface area contributed by atoms with Gasteiger partial charge in [-0.2, -0.15) is 0 Å². The Kier molecular flexibility index (Phi) is 2.63. The first-order chi connectivity index (χ1) is 5.65. The van der Waals surface area contributed by atoms with Gasteiger partial charge in [-0.15, -0.1) is 0 Å². The molecule has 1 aliphatic heterocycles. The Labute approximate surface area is 72.0 Å². The predicted molar refractivity (Wildman–Crippen MR) is 45.4 cm³/mol. The zero-order valence-electron chi connectivity index (χ0n) is 7.30. The second kappa shape index (κ2) is 3.52. The van der Waals surface area contributed by atoms with Gasteiger partial charge in [-0.25, -0.2) is 0 Å². The van der Waals surface area contributed by atoms with Crippen molar-refractivity contribution in [3.8, 4) is 0 Å². The molecule has 0 bridgehead atoms. The fourth-order valence-electron chi connectivity index (χ4n) is 1.13. The Hall–Kier alpha value is -1.12. The summed E-state index contributed by atoms with van der Waals surface area (Å²) in [5, 5.41) is 0. The number of hydrogen-bond donors (Lipinski definition) is 0. The highest BCUT2D eigenvalue weighted by Crippen LogP contribution is 2.13. The lowest BCUT2D eigenvalue weighted by Gasteiger charge is -2.13. The quantitative estimate of drug-likeness (QED) is 0.466. The molecule has 66 valence electrons. The Morgan fingerprint density at radius 3 is 2.33 bits per heavy atom. The standard InChI is InChI=1S/C9H13NO2/c1-3-7(2)6-10-8(11)4-5-9(10)12/h2-6H2,1H3. The first kappa shape index (κ1) is 8.97. The summed E-state index contributed by atoms with van der Waals surface area (Å²) in [6.45, 7) is 6.14. The monoisotopic (exact) mass is 167 g/mol. The minimum Gasteiger partial charge on any atom is -0.278 e. The summed E-state index contributed by atoms with van der Waals surface area (Å²) >= 11 is 0. The van der Waals surface area contributed by atoms with Crippen LogP contribution in [0.4, 0.5) is 0 Å². The Bertz CT molecular complexity index is 217. The van der Waals surface area contributed by atoms with Crippen molar-refractivity contribution in [2.45, 2.75) is 26.2 Å². The van der Waals surface area contributed by atoms with Gasteiger partial charge in [0.25, 0.3) is 0 Å². The summed E-state index contributed by atoms with van der Waals surface area (Å²) in [5.74, 6) is -0.121. The van der Waals surface area contributed by atoms with Gasteiger partial charge in [0, 0.05) is 19.4 Å². The molecule has 2 amide bonds. The lowest BCUT2D eigenvalue weighted by Crippen LogP contribution is -2.30. The SMILES string of the molecule is C=C(CC)CN1C(=O)CCC1=O. The zero-order chi connectivity index (χ0) is 9.14. The molecule has 0 radical (unpaired) electrons. The molecule has 0 aromatic heterocycles. The molecule has 1 saturated heterocycles. The van der Waals surface area contributed by atoms with Crippen molar-refractivity contribution < 1.29 is 9.59 Å². The van der Waals surface area contributed by atoms with Crippen LogP contribution in [0.25, 0.3) is 0 Å². The van der Waals surface area contributed by atoms with Crippen molar-refractivity contribution in [3.05, 3.63) is 12.2 Å². The second-order valence-electron chi connectivity index (χ2n) is 2.98. The number of rotatable bonds is 3. The van der Waals surface area contributed by atoms with E-state index in [1.807, 2.05) is 6.92 Å². The molecule has 0 saturated carbocycles. The lowest BCUT2D eigenvalue weighted by atomic mass is 10.2. The molecule has 1 heterocycles. The maximum Gasteiger partial charge on any atom is 0.229 e. The van der Waals surface area contributed by atoms with Gasteiger partial charge >= 0.3 is 0 Å². The molecule has 1 rings (SSSR count). The molecule has 1 aliphatic rings. The van der Waals surface area contributed by atoms with Gasteiger partial charge in [0.2, 0.25) is 11.8 Å². The van der Waals surface area contributed by atoms with Crippen molar-refractivity contribution in [3.63, 3.8) is 0 Å². The van der Waals surface area contributed by atoms with E-state index in [9.17, 15) is 9.59 Å². The normalized spacial score (nSPS) is 17.2. The summed E-state index contributed by atoms with van der Waals surface area (Å²) in [7, 11) is 0. The zero-order valence-corrected chi connectivity index (χ0v) is 7.30. The van der Waals surface area contributed by atoms with Crippen molar-refractivity contribution in [1.82, 2.24) is 4.90 Å². The highest BCUT2D eigenvalue weighted by Gasteiger charge is 2.28. The molecule has 0 N–H and O–H groups in total. The Balaban J connectivity index is 2.56. The maximum absolute atomic E-state index is 11.1. The molecule has 0 aromatic carbocycles. The van der Waals surface area contributed by atoms with Crippen LogP contribution in [0.15, 0.2) is 12.2 Å². The largest absolute Gasteiger partial charge is 0.278 e. The van der Waals surface area contributed by atoms with Crippen molar-refractivity contribution in [2.75, 3.05) is 6.54 Å². The lowest BCUT2D eigenvalue weighted by molar-refractivity contribution is -0.137. The van der Waals surface area contributed by atoms with Crippen LogP contribution in [-0.4, -0.2) is 23.3 Å². The van der Waals surface area contributed by atoms with Crippen LogP contribution < -0.4 is 0 Å². The van der Waals surface area contributed by atoms with E-state index < -0.39 is 0 Å². The van der Waals surface area contributed by atoms with Gasteiger partial charge in [0.15, 0.2) is 0 Å². The number of carbonyl (C=O) groups is 2. The molecule has 0 spiro atoms. The predicted octanol–water partition coefficient (Wildman–Crippen LogP) is 1.10. The smallest absolute Gasteiger partial charge is 0.229 e. The number of likely N-dealkylation sites (tertiary alicyclic amines) is 1. The van der Waals surface area contributed by atoms with Crippen molar-refractivity contribution in [2.24, 2.45) is 0 Å². The molecule has 0 unspecified atom stereocenters.